The molecule has 2 fully saturated rings. The van der Waals surface area contributed by atoms with Crippen LogP contribution in [0.2, 0.25) is 0 Å². The summed E-state index contributed by atoms with van der Waals surface area (Å²) in [5, 5.41) is 0. The van der Waals surface area contributed by atoms with Crippen LogP contribution in [0.15, 0.2) is 30.3 Å². The monoisotopic (exact) mass is 318 g/mol. The van der Waals surface area contributed by atoms with Gasteiger partial charge in [0.05, 0.1) is 18.8 Å². The minimum atomic E-state index is -0.154. The maximum atomic E-state index is 11.9. The van der Waals surface area contributed by atoms with Crippen LogP contribution in [-0.4, -0.2) is 48.8 Å². The van der Waals surface area contributed by atoms with Crippen LogP contribution in [0.3, 0.4) is 0 Å². The highest BCUT2D eigenvalue weighted by molar-refractivity contribution is 5.71. The van der Waals surface area contributed by atoms with Crippen molar-refractivity contribution >= 4 is 5.97 Å². The summed E-state index contributed by atoms with van der Waals surface area (Å²) < 4.78 is 11.4. The standard InChI is InChI=1S/C18H26N2O3/c19-15-10-17(11-15)23-16-6-8-20(9-7-16)12-18(21)22-13-14-4-2-1-3-5-14/h1-5,15-17H,6-13,19H2. The third-order valence-corrected chi connectivity index (χ3v) is 4.65. The molecule has 3 rings (SSSR count). The number of hydrogen-bond acceptors (Lipinski definition) is 5. The summed E-state index contributed by atoms with van der Waals surface area (Å²) >= 11 is 0. The third kappa shape index (κ3) is 5.03. The lowest BCUT2D eigenvalue weighted by Crippen LogP contribution is -2.46. The van der Waals surface area contributed by atoms with Gasteiger partial charge in [-0.3, -0.25) is 9.69 Å². The summed E-state index contributed by atoms with van der Waals surface area (Å²) in [4.78, 5) is 14.1. The molecule has 0 spiro atoms. The van der Waals surface area contributed by atoms with Crippen molar-refractivity contribution in [3.05, 3.63) is 35.9 Å². The van der Waals surface area contributed by atoms with E-state index in [1.165, 1.54) is 0 Å². The summed E-state index contributed by atoms with van der Waals surface area (Å²) in [6, 6.07) is 10.1. The molecule has 1 saturated carbocycles. The molecule has 1 aromatic carbocycles. The molecule has 126 valence electrons. The summed E-state index contributed by atoms with van der Waals surface area (Å²) in [6.07, 6.45) is 4.63. The predicted molar refractivity (Wildman–Crippen MR) is 87.8 cm³/mol. The number of hydrogen-bond donors (Lipinski definition) is 1. The molecule has 0 radical (unpaired) electrons. The van der Waals surface area contributed by atoms with Crippen molar-refractivity contribution in [3.63, 3.8) is 0 Å². The van der Waals surface area contributed by atoms with Gasteiger partial charge in [0.1, 0.15) is 6.61 Å². The van der Waals surface area contributed by atoms with Crippen molar-refractivity contribution in [2.24, 2.45) is 5.73 Å². The lowest BCUT2D eigenvalue weighted by atomic mass is 9.90. The number of nitrogens with two attached hydrogens (primary N) is 1. The Hall–Kier alpha value is -1.43. The Kier molecular flexibility index (Phi) is 5.65. The van der Waals surface area contributed by atoms with Gasteiger partial charge in [-0.05, 0) is 31.2 Å². The van der Waals surface area contributed by atoms with Crippen molar-refractivity contribution in [2.45, 2.75) is 50.5 Å². The van der Waals surface area contributed by atoms with Crippen molar-refractivity contribution in [3.8, 4) is 0 Å². The van der Waals surface area contributed by atoms with Gasteiger partial charge in [-0.15, -0.1) is 0 Å². The van der Waals surface area contributed by atoms with E-state index in [4.69, 9.17) is 15.2 Å². The van der Waals surface area contributed by atoms with Gasteiger partial charge in [-0.2, -0.15) is 0 Å². The average Bonchev–Trinajstić information content (AvgIpc) is 2.54. The normalized spacial score (nSPS) is 25.8. The Labute approximate surface area is 137 Å². The molecular formula is C18H26N2O3. The van der Waals surface area contributed by atoms with E-state index in [2.05, 4.69) is 4.90 Å². The van der Waals surface area contributed by atoms with Crippen molar-refractivity contribution in [1.82, 2.24) is 4.90 Å². The number of piperidine rings is 1. The predicted octanol–water partition coefficient (Wildman–Crippen LogP) is 1.70. The van der Waals surface area contributed by atoms with Crippen LogP contribution in [0.1, 0.15) is 31.2 Å². The van der Waals surface area contributed by atoms with Crippen LogP contribution in [0.25, 0.3) is 0 Å². The molecule has 0 atom stereocenters. The summed E-state index contributed by atoms with van der Waals surface area (Å²) in [5.41, 5.74) is 6.80. The van der Waals surface area contributed by atoms with Crippen molar-refractivity contribution < 1.29 is 14.3 Å². The summed E-state index contributed by atoms with van der Waals surface area (Å²) in [6.45, 7) is 2.50. The smallest absolute Gasteiger partial charge is 0.320 e. The average molecular weight is 318 g/mol. The van der Waals surface area contributed by atoms with Gasteiger partial charge >= 0.3 is 5.97 Å². The van der Waals surface area contributed by atoms with Gasteiger partial charge in [0.2, 0.25) is 0 Å². The van der Waals surface area contributed by atoms with Gasteiger partial charge in [-0.1, -0.05) is 30.3 Å². The minimum Gasteiger partial charge on any atom is -0.460 e. The molecule has 2 N–H and O–H groups in total. The van der Waals surface area contributed by atoms with E-state index in [0.717, 1.165) is 44.3 Å². The molecule has 5 heteroatoms. The van der Waals surface area contributed by atoms with Gasteiger partial charge in [0, 0.05) is 19.1 Å². The van der Waals surface area contributed by atoms with Crippen molar-refractivity contribution in [2.75, 3.05) is 19.6 Å². The largest absolute Gasteiger partial charge is 0.460 e. The number of ether oxygens (including phenoxy) is 2. The lowest BCUT2D eigenvalue weighted by Gasteiger charge is -2.38. The fourth-order valence-corrected chi connectivity index (χ4v) is 3.16. The van der Waals surface area contributed by atoms with E-state index in [-0.39, 0.29) is 5.97 Å². The highest BCUT2D eigenvalue weighted by Crippen LogP contribution is 2.25. The summed E-state index contributed by atoms with van der Waals surface area (Å²) in [7, 11) is 0. The fraction of sp³-hybridized carbons (Fsp3) is 0.611. The molecule has 0 amide bonds. The van der Waals surface area contributed by atoms with E-state index in [1.54, 1.807) is 0 Å². The number of benzene rings is 1. The highest BCUT2D eigenvalue weighted by atomic mass is 16.5. The van der Waals surface area contributed by atoms with Crippen LogP contribution >= 0.6 is 0 Å². The first-order chi connectivity index (χ1) is 11.2. The molecule has 2 aliphatic rings. The van der Waals surface area contributed by atoms with Crippen LogP contribution in [0.5, 0.6) is 0 Å². The number of esters is 1. The Morgan fingerprint density at radius 2 is 1.83 bits per heavy atom. The molecule has 0 aromatic heterocycles. The van der Waals surface area contributed by atoms with E-state index >= 15 is 0 Å². The number of carbonyl (C=O) groups excluding carboxylic acids is 1. The molecule has 1 aliphatic carbocycles. The molecule has 1 aromatic rings. The van der Waals surface area contributed by atoms with Crippen LogP contribution in [0, 0.1) is 0 Å². The first kappa shape index (κ1) is 16.4. The maximum Gasteiger partial charge on any atom is 0.320 e. The quantitative estimate of drug-likeness (QED) is 0.809. The SMILES string of the molecule is NC1CC(OC2CCN(CC(=O)OCc3ccccc3)CC2)C1. The zero-order valence-corrected chi connectivity index (χ0v) is 13.5. The first-order valence-corrected chi connectivity index (χ1v) is 8.52. The first-order valence-electron chi connectivity index (χ1n) is 8.52. The second kappa shape index (κ2) is 7.90. The fourth-order valence-electron chi connectivity index (χ4n) is 3.16. The van der Waals surface area contributed by atoms with Gasteiger partial charge < -0.3 is 15.2 Å². The zero-order chi connectivity index (χ0) is 16.1. The Morgan fingerprint density at radius 3 is 2.48 bits per heavy atom. The molecule has 0 unspecified atom stereocenters. The highest BCUT2D eigenvalue weighted by Gasteiger charge is 2.30. The maximum absolute atomic E-state index is 11.9. The number of rotatable bonds is 6. The Balaban J connectivity index is 1.31. The second-order valence-electron chi connectivity index (χ2n) is 6.61. The van der Waals surface area contributed by atoms with E-state index in [0.29, 0.717) is 31.4 Å². The number of likely N-dealkylation sites (tertiary alicyclic amines) is 1. The van der Waals surface area contributed by atoms with Crippen LogP contribution in [-0.2, 0) is 20.9 Å². The Bertz CT molecular complexity index is 494. The van der Waals surface area contributed by atoms with E-state index < -0.39 is 0 Å². The molecule has 0 bridgehead atoms. The van der Waals surface area contributed by atoms with Crippen LogP contribution in [0.4, 0.5) is 0 Å². The summed E-state index contributed by atoms with van der Waals surface area (Å²) in [5.74, 6) is -0.154. The minimum absolute atomic E-state index is 0.154. The topological polar surface area (TPSA) is 64.8 Å². The lowest BCUT2D eigenvalue weighted by molar-refractivity contribution is -0.147. The van der Waals surface area contributed by atoms with Crippen molar-refractivity contribution in [1.29, 1.82) is 0 Å². The zero-order valence-electron chi connectivity index (χ0n) is 13.5. The molecule has 1 heterocycles. The molecular weight excluding hydrogens is 292 g/mol. The molecule has 1 aliphatic heterocycles. The van der Waals surface area contributed by atoms with Gasteiger partial charge in [0.25, 0.3) is 0 Å². The van der Waals surface area contributed by atoms with Gasteiger partial charge in [-0.25, -0.2) is 0 Å². The second-order valence-corrected chi connectivity index (χ2v) is 6.61. The number of nitrogens with zero attached hydrogens (tertiary/aromatic N) is 1. The van der Waals surface area contributed by atoms with Crippen LogP contribution < -0.4 is 5.73 Å². The third-order valence-electron chi connectivity index (χ3n) is 4.65. The Morgan fingerprint density at radius 1 is 1.13 bits per heavy atom. The van der Waals surface area contributed by atoms with E-state index in [1.807, 2.05) is 30.3 Å². The molecule has 23 heavy (non-hydrogen) atoms. The van der Waals surface area contributed by atoms with Gasteiger partial charge in [0.15, 0.2) is 0 Å². The molecule has 5 nitrogen and oxygen atoms in total. The number of carbonyl (C=O) groups is 1. The van der Waals surface area contributed by atoms with E-state index in [9.17, 15) is 4.79 Å². The molecule has 1 saturated heterocycles.